The van der Waals surface area contributed by atoms with Crippen LogP contribution in [0, 0.1) is 0 Å². The van der Waals surface area contributed by atoms with Gasteiger partial charge >= 0.3 is 0 Å². The zero-order chi connectivity index (χ0) is 40.0. The molecule has 0 amide bonds. The summed E-state index contributed by atoms with van der Waals surface area (Å²) in [5.74, 6) is 0. The van der Waals surface area contributed by atoms with Crippen LogP contribution in [-0.2, 0) is 0 Å². The van der Waals surface area contributed by atoms with E-state index in [2.05, 4.69) is 238 Å². The van der Waals surface area contributed by atoms with Gasteiger partial charge in [-0.15, -0.1) is 0 Å². The second kappa shape index (κ2) is 13.2. The number of aromatic nitrogens is 3. The van der Waals surface area contributed by atoms with Gasteiger partial charge in [0.2, 0.25) is 0 Å². The molecule has 0 atom stereocenters. The van der Waals surface area contributed by atoms with Gasteiger partial charge in [-0.25, -0.2) is 0 Å². The van der Waals surface area contributed by atoms with Crippen LogP contribution in [0.1, 0.15) is 0 Å². The Morgan fingerprint density at radius 3 is 1.48 bits per heavy atom. The maximum atomic E-state index is 2.50. The minimum Gasteiger partial charge on any atom is -0.309 e. The lowest BCUT2D eigenvalue weighted by atomic mass is 10.00. The van der Waals surface area contributed by atoms with Gasteiger partial charge in [0.05, 0.1) is 33.1 Å². The van der Waals surface area contributed by atoms with Crippen LogP contribution < -0.4 is 0 Å². The predicted molar refractivity (Wildman–Crippen MR) is 258 cm³/mol. The van der Waals surface area contributed by atoms with Gasteiger partial charge in [-0.3, -0.25) is 0 Å². The number of hydrogen-bond acceptors (Lipinski definition) is 0. The van der Waals surface area contributed by atoms with E-state index in [0.29, 0.717) is 0 Å². The van der Waals surface area contributed by atoms with Gasteiger partial charge in [0.15, 0.2) is 0 Å². The number of rotatable bonds is 5. The van der Waals surface area contributed by atoms with Crippen LogP contribution in [0.25, 0.3) is 116 Å². The minimum atomic E-state index is 1.15. The van der Waals surface area contributed by atoms with Crippen molar-refractivity contribution in [1.82, 2.24) is 13.7 Å². The summed E-state index contributed by atoms with van der Waals surface area (Å²) in [7, 11) is 0. The largest absolute Gasteiger partial charge is 0.309 e. The highest BCUT2D eigenvalue weighted by Gasteiger charge is 2.22. The molecule has 0 saturated carbocycles. The molecule has 3 heterocycles. The molecule has 0 aliphatic carbocycles. The highest BCUT2D eigenvalue weighted by molar-refractivity contribution is 6.26. The fourth-order valence-electron chi connectivity index (χ4n) is 10.0. The normalized spacial score (nSPS) is 11.9. The number of benzene rings is 10. The highest BCUT2D eigenvalue weighted by Crippen LogP contribution is 2.44. The minimum absolute atomic E-state index is 1.15. The fraction of sp³-hybridized carbons (Fsp3) is 0. The first-order valence-corrected chi connectivity index (χ1v) is 21.0. The van der Waals surface area contributed by atoms with Crippen molar-refractivity contribution in [2.45, 2.75) is 0 Å². The van der Waals surface area contributed by atoms with E-state index < -0.39 is 0 Å². The molecule has 0 N–H and O–H groups in total. The molecule has 61 heavy (non-hydrogen) atoms. The monoisotopic (exact) mass is 775 g/mol. The maximum absolute atomic E-state index is 2.50. The van der Waals surface area contributed by atoms with Gasteiger partial charge in [-0.1, -0.05) is 146 Å². The van der Waals surface area contributed by atoms with Gasteiger partial charge in [-0.2, -0.15) is 0 Å². The molecule has 13 rings (SSSR count). The predicted octanol–water partition coefficient (Wildman–Crippen LogP) is 15.5. The number of fused-ring (bicyclic) bond motifs is 11. The third kappa shape index (κ3) is 5.11. The van der Waals surface area contributed by atoms with Crippen molar-refractivity contribution < 1.29 is 0 Å². The van der Waals surface area contributed by atoms with E-state index in [-0.39, 0.29) is 0 Å². The molecular weight excluding hydrogens is 739 g/mol. The van der Waals surface area contributed by atoms with E-state index in [9.17, 15) is 0 Å². The summed E-state index contributed by atoms with van der Waals surface area (Å²) in [4.78, 5) is 0. The molecule has 0 radical (unpaired) electrons. The summed E-state index contributed by atoms with van der Waals surface area (Å²) < 4.78 is 7.33. The number of para-hydroxylation sites is 3. The summed E-state index contributed by atoms with van der Waals surface area (Å²) in [5.41, 5.74) is 15.5. The lowest BCUT2D eigenvalue weighted by Gasteiger charge is -2.11. The Kier molecular flexibility index (Phi) is 7.31. The Bertz CT molecular complexity index is 3850. The molecule has 0 fully saturated rings. The summed E-state index contributed by atoms with van der Waals surface area (Å²) in [6.45, 7) is 0. The highest BCUT2D eigenvalue weighted by atomic mass is 15.0. The van der Waals surface area contributed by atoms with E-state index in [4.69, 9.17) is 0 Å². The summed E-state index contributed by atoms with van der Waals surface area (Å²) in [5, 5.41) is 9.94. The fourth-order valence-corrected chi connectivity index (χ4v) is 10.0. The van der Waals surface area contributed by atoms with Gasteiger partial charge in [0.25, 0.3) is 0 Å². The summed E-state index contributed by atoms with van der Waals surface area (Å²) >= 11 is 0. The molecule has 3 nitrogen and oxygen atoms in total. The lowest BCUT2D eigenvalue weighted by molar-refractivity contribution is 1.18. The second-order valence-corrected chi connectivity index (χ2v) is 16.1. The lowest BCUT2D eigenvalue weighted by Crippen LogP contribution is -1.95. The van der Waals surface area contributed by atoms with Gasteiger partial charge in [0.1, 0.15) is 0 Å². The van der Waals surface area contributed by atoms with Crippen molar-refractivity contribution in [3.05, 3.63) is 224 Å². The van der Waals surface area contributed by atoms with Crippen molar-refractivity contribution in [2.75, 3.05) is 0 Å². The average molecular weight is 776 g/mol. The molecule has 0 aliphatic rings. The molecule has 10 aromatic carbocycles. The molecule has 3 heteroatoms. The van der Waals surface area contributed by atoms with Crippen molar-refractivity contribution in [2.24, 2.45) is 0 Å². The van der Waals surface area contributed by atoms with Crippen LogP contribution in [0.3, 0.4) is 0 Å². The molecule has 0 spiro atoms. The smallest absolute Gasteiger partial charge is 0.0641 e. The van der Waals surface area contributed by atoms with Crippen molar-refractivity contribution in [1.29, 1.82) is 0 Å². The summed E-state index contributed by atoms with van der Waals surface area (Å²) in [6.07, 6.45) is 0. The second-order valence-electron chi connectivity index (χ2n) is 16.1. The molecule has 3 aromatic heterocycles. The molecule has 284 valence electrons. The zero-order valence-corrected chi connectivity index (χ0v) is 33.2. The van der Waals surface area contributed by atoms with E-state index in [1.807, 2.05) is 0 Å². The van der Waals surface area contributed by atoms with Crippen LogP contribution in [0.2, 0.25) is 0 Å². The van der Waals surface area contributed by atoms with Gasteiger partial charge in [0, 0.05) is 49.4 Å². The SMILES string of the molecule is c1ccc(-c2ccc(-n3c4ccccc4c4cc(-c5ccc6c(c5)c5ccc7c(c8ccccc8n7-c7ccccc7)c5n6-c5ccc6ccccc6c5)ccc43)cc2)cc1. The Hall–Kier alpha value is -8.14. The van der Waals surface area contributed by atoms with E-state index in [0.717, 1.165) is 17.1 Å². The van der Waals surface area contributed by atoms with Crippen LogP contribution in [-0.4, -0.2) is 13.7 Å². The average Bonchev–Trinajstić information content (AvgIpc) is 3.97. The molecule has 0 bridgehead atoms. The standard InChI is InChI=1S/C58H37N3/c1-3-13-38(14-4-1)40-23-28-45(29-24-40)59-52-21-11-9-19-47(52)50-36-42(26-32-54(50)59)43-27-33-55-51(37-43)48-31-34-56-57(49-20-10-12-22-53(49)60(56)44-17-5-2-6-18-44)58(48)61(55)46-30-25-39-15-7-8-16-41(39)35-46/h1-37H. The quantitative estimate of drug-likeness (QED) is 0.165. The molecule has 0 saturated heterocycles. The van der Waals surface area contributed by atoms with Crippen molar-refractivity contribution in [3.8, 4) is 39.3 Å². The van der Waals surface area contributed by atoms with E-state index >= 15 is 0 Å². The Morgan fingerprint density at radius 2 is 0.721 bits per heavy atom. The molecular formula is C58H37N3. The van der Waals surface area contributed by atoms with E-state index in [1.165, 1.54) is 98.4 Å². The van der Waals surface area contributed by atoms with Gasteiger partial charge in [-0.05, 0) is 112 Å². The first kappa shape index (κ1) is 33.8. The first-order valence-electron chi connectivity index (χ1n) is 21.0. The van der Waals surface area contributed by atoms with Crippen LogP contribution in [0.5, 0.6) is 0 Å². The summed E-state index contributed by atoms with van der Waals surface area (Å²) in [6, 6.07) is 82.2. The third-order valence-electron chi connectivity index (χ3n) is 12.8. The van der Waals surface area contributed by atoms with Gasteiger partial charge < -0.3 is 13.7 Å². The number of hydrogen-bond donors (Lipinski definition) is 0. The van der Waals surface area contributed by atoms with Crippen LogP contribution >= 0.6 is 0 Å². The Morgan fingerprint density at radius 1 is 0.230 bits per heavy atom. The zero-order valence-electron chi connectivity index (χ0n) is 33.2. The Labute approximate surface area is 352 Å². The van der Waals surface area contributed by atoms with Crippen molar-refractivity contribution >= 4 is 76.2 Å². The number of nitrogens with zero attached hydrogens (tertiary/aromatic N) is 3. The third-order valence-corrected chi connectivity index (χ3v) is 12.8. The molecule has 13 aromatic rings. The van der Waals surface area contributed by atoms with Crippen molar-refractivity contribution in [3.63, 3.8) is 0 Å². The van der Waals surface area contributed by atoms with Crippen LogP contribution in [0.15, 0.2) is 224 Å². The maximum Gasteiger partial charge on any atom is 0.0641 e. The molecule has 0 aliphatic heterocycles. The Balaban J connectivity index is 1.04. The topological polar surface area (TPSA) is 14.8 Å². The first-order chi connectivity index (χ1) is 30.3. The molecule has 0 unspecified atom stereocenters. The van der Waals surface area contributed by atoms with E-state index in [1.54, 1.807) is 0 Å². The van der Waals surface area contributed by atoms with Crippen LogP contribution in [0.4, 0.5) is 0 Å².